The molecule has 0 bridgehead atoms. The predicted octanol–water partition coefficient (Wildman–Crippen LogP) is 0.776. The molecule has 1 amide bonds. The second kappa shape index (κ2) is 3.85. The normalized spacial score (nSPS) is 12.4. The van der Waals surface area contributed by atoms with Crippen LogP contribution in [0.2, 0.25) is 0 Å². The van der Waals surface area contributed by atoms with Gasteiger partial charge < -0.3 is 10.4 Å². The van der Waals surface area contributed by atoms with Gasteiger partial charge in [-0.1, -0.05) is 0 Å². The highest BCUT2D eigenvalue weighted by Gasteiger charge is 2.40. The van der Waals surface area contributed by atoms with E-state index in [1.165, 1.54) is 19.2 Å². The summed E-state index contributed by atoms with van der Waals surface area (Å²) in [5.41, 5.74) is -1.42. The largest absolute Gasteiger partial charge is 0.481 e. The number of halogens is 3. The number of nitrogens with one attached hydrogen (secondary N) is 1. The van der Waals surface area contributed by atoms with E-state index in [0.29, 0.717) is 0 Å². The minimum absolute atomic E-state index is 0.569. The molecule has 0 heterocycles. The molecule has 0 aliphatic rings. The highest BCUT2D eigenvalue weighted by atomic mass is 19.4. The van der Waals surface area contributed by atoms with E-state index in [9.17, 15) is 22.8 Å². The molecule has 0 fully saturated rings. The van der Waals surface area contributed by atoms with Gasteiger partial charge in [0.15, 0.2) is 0 Å². The zero-order valence-corrected chi connectivity index (χ0v) is 7.60. The van der Waals surface area contributed by atoms with Crippen LogP contribution in [0, 0.1) is 5.41 Å². The Morgan fingerprint density at radius 3 is 2.00 bits per heavy atom. The fraction of sp³-hybridized carbons (Fsp3) is 0.714. The van der Waals surface area contributed by atoms with Crippen LogP contribution in [0.1, 0.15) is 13.8 Å². The van der Waals surface area contributed by atoms with E-state index in [4.69, 9.17) is 5.11 Å². The summed E-state index contributed by atoms with van der Waals surface area (Å²) < 4.78 is 35.0. The molecule has 2 N–H and O–H groups in total. The Kier molecular flexibility index (Phi) is 3.50. The second-order valence-electron chi connectivity index (χ2n) is 3.37. The van der Waals surface area contributed by atoms with E-state index in [1.54, 1.807) is 0 Å². The lowest BCUT2D eigenvalue weighted by atomic mass is 9.94. The van der Waals surface area contributed by atoms with E-state index in [1.807, 2.05) is 0 Å². The van der Waals surface area contributed by atoms with Crippen molar-refractivity contribution in [3.8, 4) is 0 Å². The fourth-order valence-electron chi connectivity index (χ4n) is 0.477. The molecule has 0 aromatic carbocycles. The third-order valence-corrected chi connectivity index (χ3v) is 1.53. The van der Waals surface area contributed by atoms with Crippen LogP contribution in [0.15, 0.2) is 0 Å². The maximum Gasteiger partial charge on any atom is 0.471 e. The Balaban J connectivity index is 4.21. The van der Waals surface area contributed by atoms with Crippen LogP contribution in [0.5, 0.6) is 0 Å². The first-order chi connectivity index (χ1) is 6.07. The number of carboxylic acid groups (broad SMARTS) is 1. The summed E-state index contributed by atoms with van der Waals surface area (Å²) in [5, 5.41) is 10.0. The lowest BCUT2D eigenvalue weighted by Crippen LogP contribution is -2.44. The quantitative estimate of drug-likeness (QED) is 0.727. The number of carbonyl (C=O) groups is 2. The van der Waals surface area contributed by atoms with E-state index in [2.05, 4.69) is 0 Å². The molecule has 0 radical (unpaired) electrons. The van der Waals surface area contributed by atoms with Gasteiger partial charge in [-0.2, -0.15) is 13.2 Å². The van der Waals surface area contributed by atoms with Crippen LogP contribution in [-0.4, -0.2) is 29.7 Å². The Labute approximate surface area is 78.1 Å². The van der Waals surface area contributed by atoms with Crippen molar-refractivity contribution in [2.24, 2.45) is 5.41 Å². The second-order valence-corrected chi connectivity index (χ2v) is 3.37. The van der Waals surface area contributed by atoms with Gasteiger partial charge in [-0.25, -0.2) is 0 Å². The molecule has 4 nitrogen and oxygen atoms in total. The van der Waals surface area contributed by atoms with Gasteiger partial charge in [0.05, 0.1) is 5.41 Å². The standard InChI is InChI=1S/C7H10F3NO3/c1-6(2,5(13)14)3-11-4(12)7(8,9)10/h3H2,1-2H3,(H,11,12)(H,13,14). The number of hydrogen-bond donors (Lipinski definition) is 2. The lowest BCUT2D eigenvalue weighted by molar-refractivity contribution is -0.174. The minimum Gasteiger partial charge on any atom is -0.481 e. The molecule has 0 aliphatic heterocycles. The number of hydrogen-bond acceptors (Lipinski definition) is 2. The molecule has 0 aromatic heterocycles. The molecule has 82 valence electrons. The van der Waals surface area contributed by atoms with Crippen molar-refractivity contribution in [3.05, 3.63) is 0 Å². The van der Waals surface area contributed by atoms with Crippen LogP contribution in [0.25, 0.3) is 0 Å². The molecule has 0 atom stereocenters. The number of carbonyl (C=O) groups excluding carboxylic acids is 1. The van der Waals surface area contributed by atoms with Crippen molar-refractivity contribution in [2.75, 3.05) is 6.54 Å². The van der Waals surface area contributed by atoms with Crippen LogP contribution >= 0.6 is 0 Å². The fourth-order valence-corrected chi connectivity index (χ4v) is 0.477. The zero-order valence-electron chi connectivity index (χ0n) is 7.60. The molecule has 0 unspecified atom stereocenters. The Morgan fingerprint density at radius 2 is 1.71 bits per heavy atom. The molecule has 0 spiro atoms. The SMILES string of the molecule is CC(C)(CNC(=O)C(F)(F)F)C(=O)O. The van der Waals surface area contributed by atoms with Crippen molar-refractivity contribution in [1.29, 1.82) is 0 Å². The molecule has 0 saturated heterocycles. The lowest BCUT2D eigenvalue weighted by Gasteiger charge is -2.19. The number of amides is 1. The Bertz CT molecular complexity index is 247. The Morgan fingerprint density at radius 1 is 1.29 bits per heavy atom. The molecule has 0 aromatic rings. The van der Waals surface area contributed by atoms with Gasteiger partial charge in [-0.15, -0.1) is 0 Å². The average Bonchev–Trinajstić information content (AvgIpc) is 1.98. The van der Waals surface area contributed by atoms with Gasteiger partial charge in [0.1, 0.15) is 0 Å². The van der Waals surface area contributed by atoms with Crippen LogP contribution in [-0.2, 0) is 9.59 Å². The van der Waals surface area contributed by atoms with E-state index < -0.39 is 30.0 Å². The number of rotatable bonds is 3. The first-order valence-corrected chi connectivity index (χ1v) is 3.66. The van der Waals surface area contributed by atoms with Gasteiger partial charge in [0, 0.05) is 6.54 Å². The van der Waals surface area contributed by atoms with E-state index in [-0.39, 0.29) is 0 Å². The monoisotopic (exact) mass is 213 g/mol. The summed E-state index contributed by atoms with van der Waals surface area (Å²) in [6, 6.07) is 0. The first-order valence-electron chi connectivity index (χ1n) is 3.66. The van der Waals surface area contributed by atoms with Crippen LogP contribution in [0.3, 0.4) is 0 Å². The summed E-state index contributed by atoms with van der Waals surface area (Å²) in [7, 11) is 0. The first kappa shape index (κ1) is 12.7. The van der Waals surface area contributed by atoms with E-state index >= 15 is 0 Å². The summed E-state index contributed by atoms with van der Waals surface area (Å²) in [6.07, 6.45) is -4.98. The summed E-state index contributed by atoms with van der Waals surface area (Å²) in [4.78, 5) is 20.8. The third-order valence-electron chi connectivity index (χ3n) is 1.53. The summed E-state index contributed by atoms with van der Waals surface area (Å²) >= 11 is 0. The highest BCUT2D eigenvalue weighted by Crippen LogP contribution is 2.17. The maximum atomic E-state index is 11.7. The van der Waals surface area contributed by atoms with Crippen molar-refractivity contribution >= 4 is 11.9 Å². The molecule has 7 heteroatoms. The van der Waals surface area contributed by atoms with E-state index in [0.717, 1.165) is 0 Å². The number of aliphatic carboxylic acids is 1. The predicted molar refractivity (Wildman–Crippen MR) is 40.5 cm³/mol. The molecule has 0 saturated carbocycles. The molecule has 0 rings (SSSR count). The topological polar surface area (TPSA) is 66.4 Å². The third kappa shape index (κ3) is 3.63. The molecule has 14 heavy (non-hydrogen) atoms. The van der Waals surface area contributed by atoms with Crippen molar-refractivity contribution in [1.82, 2.24) is 5.32 Å². The van der Waals surface area contributed by atoms with Gasteiger partial charge in [0.25, 0.3) is 0 Å². The minimum atomic E-state index is -4.98. The van der Waals surface area contributed by atoms with Crippen molar-refractivity contribution < 1.29 is 27.9 Å². The average molecular weight is 213 g/mol. The summed E-state index contributed by atoms with van der Waals surface area (Å²) in [5.74, 6) is -3.41. The van der Waals surface area contributed by atoms with Crippen molar-refractivity contribution in [3.63, 3.8) is 0 Å². The van der Waals surface area contributed by atoms with Gasteiger partial charge >= 0.3 is 18.1 Å². The number of carboxylic acids is 1. The van der Waals surface area contributed by atoms with Crippen LogP contribution in [0.4, 0.5) is 13.2 Å². The number of alkyl halides is 3. The van der Waals surface area contributed by atoms with Gasteiger partial charge in [-0.3, -0.25) is 9.59 Å². The maximum absolute atomic E-state index is 11.7. The van der Waals surface area contributed by atoms with Gasteiger partial charge in [-0.05, 0) is 13.8 Å². The highest BCUT2D eigenvalue weighted by molar-refractivity contribution is 5.82. The molecular formula is C7H10F3NO3. The molecule has 0 aliphatic carbocycles. The van der Waals surface area contributed by atoms with Gasteiger partial charge in [0.2, 0.25) is 0 Å². The summed E-state index contributed by atoms with van der Waals surface area (Å²) in [6.45, 7) is 1.86. The van der Waals surface area contributed by atoms with Crippen LogP contribution < -0.4 is 5.32 Å². The zero-order chi connectivity index (χ0) is 11.6. The molecular weight excluding hydrogens is 203 g/mol. The van der Waals surface area contributed by atoms with Crippen molar-refractivity contribution in [2.45, 2.75) is 20.0 Å². The Hall–Kier alpha value is -1.27. The smallest absolute Gasteiger partial charge is 0.471 e.